The molecular formula is C17H25NO2. The third-order valence-electron chi connectivity index (χ3n) is 4.66. The molecule has 1 aliphatic carbocycles. The average Bonchev–Trinajstić information content (AvgIpc) is 2.43. The molecule has 0 heterocycles. The van der Waals surface area contributed by atoms with E-state index in [-0.39, 0.29) is 5.97 Å². The summed E-state index contributed by atoms with van der Waals surface area (Å²) in [5.41, 5.74) is 2.78. The molecule has 1 fully saturated rings. The monoisotopic (exact) mass is 275 g/mol. The van der Waals surface area contributed by atoms with E-state index in [4.69, 9.17) is 4.74 Å². The summed E-state index contributed by atoms with van der Waals surface area (Å²) in [5, 5.41) is 3.57. The van der Waals surface area contributed by atoms with Crippen molar-refractivity contribution >= 4 is 5.97 Å². The third kappa shape index (κ3) is 3.60. The van der Waals surface area contributed by atoms with Crippen LogP contribution in [0.4, 0.5) is 0 Å². The van der Waals surface area contributed by atoms with Gasteiger partial charge in [-0.15, -0.1) is 0 Å². The summed E-state index contributed by atoms with van der Waals surface area (Å²) in [7, 11) is 1.44. The van der Waals surface area contributed by atoms with Crippen LogP contribution in [0.15, 0.2) is 24.3 Å². The van der Waals surface area contributed by atoms with Crippen molar-refractivity contribution < 1.29 is 9.53 Å². The van der Waals surface area contributed by atoms with Crippen molar-refractivity contribution in [1.82, 2.24) is 5.32 Å². The standard InChI is InChI=1S/C17H25NO2/c1-3-17(9-6-10-17)13-18-12-15-8-5-4-7-14(15)11-16(19)20-2/h4-5,7-8,18H,3,6,9-13H2,1-2H3. The quantitative estimate of drug-likeness (QED) is 0.777. The number of hydrogen-bond acceptors (Lipinski definition) is 3. The molecule has 1 N–H and O–H groups in total. The zero-order valence-corrected chi connectivity index (χ0v) is 12.6. The predicted octanol–water partition coefficient (Wildman–Crippen LogP) is 3.07. The summed E-state index contributed by atoms with van der Waals surface area (Å²) >= 11 is 0. The second kappa shape index (κ2) is 6.89. The molecule has 0 spiro atoms. The molecule has 0 atom stereocenters. The van der Waals surface area contributed by atoms with E-state index >= 15 is 0 Å². The Morgan fingerprint density at radius 2 is 2.00 bits per heavy atom. The van der Waals surface area contributed by atoms with Gasteiger partial charge in [-0.05, 0) is 35.8 Å². The summed E-state index contributed by atoms with van der Waals surface area (Å²) in [6.45, 7) is 4.19. The van der Waals surface area contributed by atoms with E-state index in [2.05, 4.69) is 18.3 Å². The van der Waals surface area contributed by atoms with Gasteiger partial charge in [-0.25, -0.2) is 0 Å². The Hall–Kier alpha value is -1.35. The van der Waals surface area contributed by atoms with Crippen LogP contribution in [0, 0.1) is 5.41 Å². The zero-order chi connectivity index (χ0) is 14.4. The summed E-state index contributed by atoms with van der Waals surface area (Å²) in [4.78, 5) is 11.4. The van der Waals surface area contributed by atoms with Gasteiger partial charge in [-0.2, -0.15) is 0 Å². The highest BCUT2D eigenvalue weighted by Crippen LogP contribution is 2.43. The molecule has 0 amide bonds. The van der Waals surface area contributed by atoms with Gasteiger partial charge in [0, 0.05) is 13.1 Å². The SMILES string of the molecule is CCC1(CNCc2ccccc2CC(=O)OC)CCC1. The first-order valence-electron chi connectivity index (χ1n) is 7.53. The van der Waals surface area contributed by atoms with Gasteiger partial charge in [0.25, 0.3) is 0 Å². The highest BCUT2D eigenvalue weighted by molar-refractivity contribution is 5.72. The van der Waals surface area contributed by atoms with Crippen LogP contribution in [-0.2, 0) is 22.5 Å². The van der Waals surface area contributed by atoms with E-state index in [0.29, 0.717) is 11.8 Å². The molecule has 0 saturated heterocycles. The molecule has 20 heavy (non-hydrogen) atoms. The first kappa shape index (κ1) is 15.0. The van der Waals surface area contributed by atoms with Gasteiger partial charge in [0.05, 0.1) is 13.5 Å². The van der Waals surface area contributed by atoms with Crippen LogP contribution in [0.25, 0.3) is 0 Å². The summed E-state index contributed by atoms with van der Waals surface area (Å²) in [6.07, 6.45) is 5.67. The number of esters is 1. The molecule has 110 valence electrons. The molecule has 0 bridgehead atoms. The molecular weight excluding hydrogens is 250 g/mol. The second-order valence-electron chi connectivity index (χ2n) is 5.83. The lowest BCUT2D eigenvalue weighted by Gasteiger charge is -2.41. The predicted molar refractivity (Wildman–Crippen MR) is 80.4 cm³/mol. The fourth-order valence-electron chi connectivity index (χ4n) is 2.92. The molecule has 0 unspecified atom stereocenters. The minimum absolute atomic E-state index is 0.179. The van der Waals surface area contributed by atoms with Crippen LogP contribution < -0.4 is 5.32 Å². The van der Waals surface area contributed by atoms with Crippen molar-refractivity contribution in [1.29, 1.82) is 0 Å². The topological polar surface area (TPSA) is 38.3 Å². The lowest BCUT2D eigenvalue weighted by molar-refractivity contribution is -0.139. The zero-order valence-electron chi connectivity index (χ0n) is 12.6. The molecule has 3 nitrogen and oxygen atoms in total. The van der Waals surface area contributed by atoms with Gasteiger partial charge in [0.15, 0.2) is 0 Å². The number of hydrogen-bond donors (Lipinski definition) is 1. The lowest BCUT2D eigenvalue weighted by Crippen LogP contribution is -2.39. The Morgan fingerprint density at radius 3 is 2.55 bits per heavy atom. The highest BCUT2D eigenvalue weighted by atomic mass is 16.5. The van der Waals surface area contributed by atoms with Crippen LogP contribution in [0.5, 0.6) is 0 Å². The maximum Gasteiger partial charge on any atom is 0.309 e. The number of nitrogens with one attached hydrogen (secondary N) is 1. The molecule has 3 heteroatoms. The van der Waals surface area contributed by atoms with Crippen molar-refractivity contribution in [2.75, 3.05) is 13.7 Å². The van der Waals surface area contributed by atoms with Gasteiger partial charge in [-0.3, -0.25) is 4.79 Å². The lowest BCUT2D eigenvalue weighted by atomic mass is 9.67. The molecule has 1 aromatic carbocycles. The maximum absolute atomic E-state index is 11.4. The van der Waals surface area contributed by atoms with Crippen LogP contribution >= 0.6 is 0 Å². The summed E-state index contributed by atoms with van der Waals surface area (Å²) < 4.78 is 4.75. The first-order valence-corrected chi connectivity index (χ1v) is 7.53. The van der Waals surface area contributed by atoms with Crippen molar-refractivity contribution in [3.8, 4) is 0 Å². The summed E-state index contributed by atoms with van der Waals surface area (Å²) in [6, 6.07) is 8.09. The normalized spacial score (nSPS) is 16.5. The number of methoxy groups -OCH3 is 1. The minimum Gasteiger partial charge on any atom is -0.469 e. The molecule has 1 aliphatic rings. The highest BCUT2D eigenvalue weighted by Gasteiger charge is 2.34. The third-order valence-corrected chi connectivity index (χ3v) is 4.66. The molecule has 0 aromatic heterocycles. The van der Waals surface area contributed by atoms with Gasteiger partial charge < -0.3 is 10.1 Å². The molecule has 0 aliphatic heterocycles. The van der Waals surface area contributed by atoms with Crippen LogP contribution in [0.3, 0.4) is 0 Å². The van der Waals surface area contributed by atoms with E-state index in [1.807, 2.05) is 18.2 Å². The minimum atomic E-state index is -0.179. The average molecular weight is 275 g/mol. The Balaban J connectivity index is 1.90. The van der Waals surface area contributed by atoms with Gasteiger partial charge in [0.2, 0.25) is 0 Å². The van der Waals surface area contributed by atoms with Gasteiger partial charge >= 0.3 is 5.97 Å². The Morgan fingerprint density at radius 1 is 1.30 bits per heavy atom. The maximum atomic E-state index is 11.4. The fraction of sp³-hybridized carbons (Fsp3) is 0.588. The molecule has 0 radical (unpaired) electrons. The van der Waals surface area contributed by atoms with Gasteiger partial charge in [0.1, 0.15) is 0 Å². The van der Waals surface area contributed by atoms with Crippen LogP contribution in [-0.4, -0.2) is 19.6 Å². The van der Waals surface area contributed by atoms with E-state index in [1.165, 1.54) is 38.4 Å². The van der Waals surface area contributed by atoms with Crippen molar-refractivity contribution in [3.63, 3.8) is 0 Å². The Kier molecular flexibility index (Phi) is 5.18. The molecule has 1 aromatic rings. The number of rotatable bonds is 7. The van der Waals surface area contributed by atoms with Crippen LogP contribution in [0.2, 0.25) is 0 Å². The Bertz CT molecular complexity index is 447. The Labute approximate surface area is 121 Å². The van der Waals surface area contributed by atoms with Crippen molar-refractivity contribution in [3.05, 3.63) is 35.4 Å². The second-order valence-corrected chi connectivity index (χ2v) is 5.83. The largest absolute Gasteiger partial charge is 0.469 e. The van der Waals surface area contributed by atoms with Crippen LogP contribution in [0.1, 0.15) is 43.7 Å². The van der Waals surface area contributed by atoms with E-state index in [9.17, 15) is 4.79 Å². The first-order chi connectivity index (χ1) is 9.69. The number of benzene rings is 1. The number of carbonyl (C=O) groups excluding carboxylic acids is 1. The molecule has 1 saturated carbocycles. The smallest absolute Gasteiger partial charge is 0.309 e. The van der Waals surface area contributed by atoms with E-state index < -0.39 is 0 Å². The fourth-order valence-corrected chi connectivity index (χ4v) is 2.92. The van der Waals surface area contributed by atoms with Crippen molar-refractivity contribution in [2.24, 2.45) is 5.41 Å². The van der Waals surface area contributed by atoms with E-state index in [1.54, 1.807) is 0 Å². The number of carbonyl (C=O) groups is 1. The molecule has 2 rings (SSSR count). The van der Waals surface area contributed by atoms with Crippen molar-refractivity contribution in [2.45, 2.75) is 45.6 Å². The summed E-state index contributed by atoms with van der Waals surface area (Å²) in [5.74, 6) is -0.179. The number of ether oxygens (including phenoxy) is 1. The van der Waals surface area contributed by atoms with Gasteiger partial charge in [-0.1, -0.05) is 37.6 Å². The van der Waals surface area contributed by atoms with E-state index in [0.717, 1.165) is 18.7 Å².